The van der Waals surface area contributed by atoms with Gasteiger partial charge in [0, 0.05) is 11.1 Å². The molecule has 0 saturated heterocycles. The quantitative estimate of drug-likeness (QED) is 0.764. The van der Waals surface area contributed by atoms with Gasteiger partial charge in [0.05, 0.1) is 6.61 Å². The lowest BCUT2D eigenvalue weighted by Crippen LogP contribution is -2.04. The first-order chi connectivity index (χ1) is 9.61. The van der Waals surface area contributed by atoms with Crippen LogP contribution in [-0.4, -0.2) is 12.4 Å². The second kappa shape index (κ2) is 6.33. The fourth-order valence-corrected chi connectivity index (χ4v) is 1.92. The van der Waals surface area contributed by atoms with E-state index in [1.807, 2.05) is 6.92 Å². The van der Waals surface area contributed by atoms with Gasteiger partial charge in [-0.15, -0.1) is 0 Å². The Morgan fingerprint density at radius 2 is 1.85 bits per heavy atom. The molecule has 2 nitrogen and oxygen atoms in total. The molecule has 0 N–H and O–H groups in total. The minimum absolute atomic E-state index is 0.177. The van der Waals surface area contributed by atoms with Gasteiger partial charge in [-0.3, -0.25) is 4.79 Å². The van der Waals surface area contributed by atoms with Crippen molar-refractivity contribution >= 4 is 5.78 Å². The summed E-state index contributed by atoms with van der Waals surface area (Å²) in [5.41, 5.74) is 1.69. The smallest absolute Gasteiger partial charge is 0.193 e. The van der Waals surface area contributed by atoms with Gasteiger partial charge in [-0.05, 0) is 55.3 Å². The van der Waals surface area contributed by atoms with Crippen molar-refractivity contribution in [3.8, 4) is 5.75 Å². The number of aryl methyl sites for hydroxylation is 1. The standard InChI is InChI=1S/C17H17FO2/c1-3-10-20-15-8-5-13(6-9-15)17(19)16-11-14(18)7-4-12(16)2/h4-9,11H,3,10H2,1-2H3. The van der Waals surface area contributed by atoms with E-state index in [0.717, 1.165) is 17.7 Å². The largest absolute Gasteiger partial charge is 0.494 e. The number of hydrogen-bond donors (Lipinski definition) is 0. The molecule has 104 valence electrons. The van der Waals surface area contributed by atoms with Crippen molar-refractivity contribution < 1.29 is 13.9 Å². The molecule has 20 heavy (non-hydrogen) atoms. The Hall–Kier alpha value is -2.16. The first-order valence-corrected chi connectivity index (χ1v) is 6.65. The zero-order valence-corrected chi connectivity index (χ0v) is 11.7. The van der Waals surface area contributed by atoms with Gasteiger partial charge in [0.25, 0.3) is 0 Å². The lowest BCUT2D eigenvalue weighted by Gasteiger charge is -2.07. The fraction of sp³-hybridized carbons (Fsp3) is 0.235. The number of ketones is 1. The predicted octanol–water partition coefficient (Wildman–Crippen LogP) is 4.15. The number of ether oxygens (including phenoxy) is 1. The van der Waals surface area contributed by atoms with Gasteiger partial charge in [0.2, 0.25) is 0 Å². The van der Waals surface area contributed by atoms with Crippen LogP contribution >= 0.6 is 0 Å². The summed E-state index contributed by atoms with van der Waals surface area (Å²) in [6, 6.07) is 11.2. The van der Waals surface area contributed by atoms with Gasteiger partial charge in [-0.1, -0.05) is 13.0 Å². The van der Waals surface area contributed by atoms with Crippen molar-refractivity contribution in [3.05, 3.63) is 65.0 Å². The van der Waals surface area contributed by atoms with Crippen molar-refractivity contribution in [1.29, 1.82) is 0 Å². The van der Waals surface area contributed by atoms with Crippen LogP contribution in [-0.2, 0) is 0 Å². The molecule has 0 unspecified atom stereocenters. The van der Waals surface area contributed by atoms with Crippen LogP contribution in [0.5, 0.6) is 5.75 Å². The minimum atomic E-state index is -0.401. The SMILES string of the molecule is CCCOc1ccc(C(=O)c2cc(F)ccc2C)cc1. The number of rotatable bonds is 5. The molecule has 0 aliphatic carbocycles. The molecule has 0 aliphatic rings. The third-order valence-electron chi connectivity index (χ3n) is 3.03. The van der Waals surface area contributed by atoms with Gasteiger partial charge in [0.1, 0.15) is 11.6 Å². The summed E-state index contributed by atoms with van der Waals surface area (Å²) < 4.78 is 18.7. The van der Waals surface area contributed by atoms with Crippen LogP contribution in [0, 0.1) is 12.7 Å². The third kappa shape index (κ3) is 3.23. The highest BCUT2D eigenvalue weighted by Gasteiger charge is 2.12. The number of hydrogen-bond acceptors (Lipinski definition) is 2. The van der Waals surface area contributed by atoms with Crippen molar-refractivity contribution in [2.75, 3.05) is 6.61 Å². The molecule has 0 aliphatic heterocycles. The van der Waals surface area contributed by atoms with E-state index < -0.39 is 5.82 Å². The predicted molar refractivity (Wildman–Crippen MR) is 76.8 cm³/mol. The highest BCUT2D eigenvalue weighted by molar-refractivity contribution is 6.09. The number of carbonyl (C=O) groups is 1. The van der Waals surface area contributed by atoms with Gasteiger partial charge < -0.3 is 4.74 Å². The zero-order valence-electron chi connectivity index (χ0n) is 11.7. The Bertz CT molecular complexity index is 603. The first kappa shape index (κ1) is 14.3. The summed E-state index contributed by atoms with van der Waals surface area (Å²) in [7, 11) is 0. The van der Waals surface area contributed by atoms with Crippen LogP contribution in [0.4, 0.5) is 4.39 Å². The van der Waals surface area contributed by atoms with Gasteiger partial charge >= 0.3 is 0 Å². The number of carbonyl (C=O) groups excluding carboxylic acids is 1. The van der Waals surface area contributed by atoms with E-state index in [1.165, 1.54) is 12.1 Å². The summed E-state index contributed by atoms with van der Waals surface area (Å²) >= 11 is 0. The normalized spacial score (nSPS) is 10.3. The minimum Gasteiger partial charge on any atom is -0.494 e. The molecule has 2 aromatic carbocycles. The Kier molecular flexibility index (Phi) is 4.51. The van der Waals surface area contributed by atoms with E-state index in [4.69, 9.17) is 4.74 Å². The molecule has 0 saturated carbocycles. The number of benzene rings is 2. The number of halogens is 1. The molecule has 2 aromatic rings. The van der Waals surface area contributed by atoms with Crippen molar-refractivity contribution in [2.45, 2.75) is 20.3 Å². The van der Waals surface area contributed by atoms with Crippen LogP contribution in [0.3, 0.4) is 0 Å². The van der Waals surface area contributed by atoms with E-state index in [1.54, 1.807) is 37.3 Å². The molecular formula is C17H17FO2. The molecule has 0 fully saturated rings. The molecule has 3 heteroatoms. The van der Waals surface area contributed by atoms with E-state index >= 15 is 0 Å². The molecule has 0 amide bonds. The maximum absolute atomic E-state index is 13.3. The van der Waals surface area contributed by atoms with Crippen molar-refractivity contribution in [3.63, 3.8) is 0 Å². The Morgan fingerprint density at radius 3 is 2.50 bits per heavy atom. The topological polar surface area (TPSA) is 26.3 Å². The molecule has 2 rings (SSSR count). The summed E-state index contributed by atoms with van der Waals surface area (Å²) in [6.45, 7) is 4.48. The average Bonchev–Trinajstić information content (AvgIpc) is 2.47. The maximum atomic E-state index is 13.3. The molecular weight excluding hydrogens is 255 g/mol. The summed E-state index contributed by atoms with van der Waals surface area (Å²) in [6.07, 6.45) is 0.934. The molecule has 0 radical (unpaired) electrons. The van der Waals surface area contributed by atoms with Crippen molar-refractivity contribution in [1.82, 2.24) is 0 Å². The third-order valence-corrected chi connectivity index (χ3v) is 3.03. The molecule has 0 aromatic heterocycles. The average molecular weight is 272 g/mol. The maximum Gasteiger partial charge on any atom is 0.193 e. The Morgan fingerprint density at radius 1 is 1.15 bits per heavy atom. The van der Waals surface area contributed by atoms with Gasteiger partial charge in [-0.25, -0.2) is 4.39 Å². The Labute approximate surface area is 118 Å². The molecule has 0 heterocycles. The van der Waals surface area contributed by atoms with Crippen molar-refractivity contribution in [2.24, 2.45) is 0 Å². The second-order valence-corrected chi connectivity index (χ2v) is 4.66. The summed E-state index contributed by atoms with van der Waals surface area (Å²) in [5, 5.41) is 0. The van der Waals surface area contributed by atoms with Gasteiger partial charge in [0.15, 0.2) is 5.78 Å². The van der Waals surface area contributed by atoms with Crippen LogP contribution in [0.1, 0.15) is 34.8 Å². The van der Waals surface area contributed by atoms with Crippen LogP contribution in [0.2, 0.25) is 0 Å². The van der Waals surface area contributed by atoms with Crippen LogP contribution in [0.15, 0.2) is 42.5 Å². The molecule has 0 spiro atoms. The lowest BCUT2D eigenvalue weighted by molar-refractivity contribution is 0.103. The molecule has 0 atom stereocenters. The van der Waals surface area contributed by atoms with Crippen LogP contribution < -0.4 is 4.74 Å². The zero-order chi connectivity index (χ0) is 14.5. The molecule has 0 bridgehead atoms. The Balaban J connectivity index is 2.22. The highest BCUT2D eigenvalue weighted by Crippen LogP contribution is 2.18. The summed E-state index contributed by atoms with van der Waals surface area (Å²) in [4.78, 5) is 12.3. The monoisotopic (exact) mass is 272 g/mol. The van der Waals surface area contributed by atoms with E-state index in [0.29, 0.717) is 17.7 Å². The fourth-order valence-electron chi connectivity index (χ4n) is 1.92. The second-order valence-electron chi connectivity index (χ2n) is 4.66. The van der Waals surface area contributed by atoms with Crippen LogP contribution in [0.25, 0.3) is 0 Å². The van der Waals surface area contributed by atoms with E-state index in [-0.39, 0.29) is 5.78 Å². The lowest BCUT2D eigenvalue weighted by atomic mass is 9.99. The van der Waals surface area contributed by atoms with Gasteiger partial charge in [-0.2, -0.15) is 0 Å². The van der Waals surface area contributed by atoms with E-state index in [9.17, 15) is 9.18 Å². The highest BCUT2D eigenvalue weighted by atomic mass is 19.1. The van der Waals surface area contributed by atoms with E-state index in [2.05, 4.69) is 0 Å². The first-order valence-electron chi connectivity index (χ1n) is 6.65. The summed E-state index contributed by atoms with van der Waals surface area (Å²) in [5.74, 6) is 0.158.